The quantitative estimate of drug-likeness (QED) is 0.383. The van der Waals surface area contributed by atoms with Gasteiger partial charge in [-0.25, -0.2) is 9.50 Å². The van der Waals surface area contributed by atoms with Crippen LogP contribution in [0.15, 0.2) is 60.7 Å². The molecule has 0 spiro atoms. The van der Waals surface area contributed by atoms with Crippen molar-refractivity contribution in [3.8, 4) is 0 Å². The molecule has 0 aliphatic heterocycles. The van der Waals surface area contributed by atoms with Crippen LogP contribution in [-0.4, -0.2) is 32.0 Å². The lowest BCUT2D eigenvalue weighted by atomic mass is 9.88. The number of hydrogen-bond acceptors (Lipinski definition) is 4. The Labute approximate surface area is 201 Å². The maximum Gasteiger partial charge on any atom is 0.453 e. The molecule has 0 saturated heterocycles. The summed E-state index contributed by atoms with van der Waals surface area (Å²) in [6.45, 7) is 3.86. The van der Waals surface area contributed by atoms with E-state index in [1.54, 1.807) is 13.8 Å². The van der Waals surface area contributed by atoms with Crippen LogP contribution in [0.4, 0.5) is 13.2 Å². The van der Waals surface area contributed by atoms with Crippen molar-refractivity contribution in [2.24, 2.45) is 0 Å². The van der Waals surface area contributed by atoms with Crippen molar-refractivity contribution in [3.05, 3.63) is 94.6 Å². The van der Waals surface area contributed by atoms with Crippen LogP contribution in [0.25, 0.3) is 5.78 Å². The molecule has 0 bridgehead atoms. The first-order valence-corrected chi connectivity index (χ1v) is 11.4. The minimum Gasteiger partial charge on any atom is -0.356 e. The smallest absolute Gasteiger partial charge is 0.356 e. The normalized spacial score (nSPS) is 11.8. The number of aryl methyl sites for hydroxylation is 2. The second-order valence-electron chi connectivity index (χ2n) is 8.42. The van der Waals surface area contributed by atoms with E-state index >= 15 is 0 Å². The molecule has 0 aliphatic carbocycles. The fourth-order valence-electron chi connectivity index (χ4n) is 4.27. The molecule has 2 aromatic carbocycles. The van der Waals surface area contributed by atoms with Crippen molar-refractivity contribution >= 4 is 11.7 Å². The van der Waals surface area contributed by atoms with Crippen LogP contribution in [0.3, 0.4) is 0 Å². The van der Waals surface area contributed by atoms with Gasteiger partial charge in [-0.05, 0) is 43.4 Å². The third-order valence-electron chi connectivity index (χ3n) is 6.06. The van der Waals surface area contributed by atoms with Crippen LogP contribution in [0.1, 0.15) is 52.7 Å². The Morgan fingerprint density at radius 1 is 0.971 bits per heavy atom. The Bertz CT molecular complexity index is 1260. The summed E-state index contributed by atoms with van der Waals surface area (Å²) in [5.74, 6) is -1.30. The molecule has 0 unspecified atom stereocenters. The highest BCUT2D eigenvalue weighted by atomic mass is 19.4. The molecule has 6 nitrogen and oxygen atoms in total. The third kappa shape index (κ3) is 5.67. The van der Waals surface area contributed by atoms with Gasteiger partial charge >= 0.3 is 6.18 Å². The predicted octanol–water partition coefficient (Wildman–Crippen LogP) is 5.03. The first kappa shape index (κ1) is 24.4. The molecule has 0 aliphatic rings. The van der Waals surface area contributed by atoms with E-state index < -0.39 is 12.0 Å². The zero-order chi connectivity index (χ0) is 25.0. The van der Waals surface area contributed by atoms with Gasteiger partial charge in [0.15, 0.2) is 0 Å². The van der Waals surface area contributed by atoms with Gasteiger partial charge in [0.05, 0.1) is 0 Å². The van der Waals surface area contributed by atoms with E-state index in [2.05, 4.69) is 44.6 Å². The maximum atomic E-state index is 13.0. The lowest BCUT2D eigenvalue weighted by molar-refractivity contribution is -0.144. The molecule has 9 heteroatoms. The van der Waals surface area contributed by atoms with Gasteiger partial charge in [0.2, 0.25) is 5.91 Å². The topological polar surface area (TPSA) is 72.2 Å². The highest BCUT2D eigenvalue weighted by Gasteiger charge is 2.37. The van der Waals surface area contributed by atoms with E-state index in [0.29, 0.717) is 29.9 Å². The molecule has 0 radical (unpaired) electrons. The van der Waals surface area contributed by atoms with Crippen molar-refractivity contribution in [1.82, 2.24) is 24.9 Å². The Hall–Kier alpha value is -3.75. The van der Waals surface area contributed by atoms with E-state index in [4.69, 9.17) is 0 Å². The van der Waals surface area contributed by atoms with Gasteiger partial charge in [0, 0.05) is 30.3 Å². The molecule has 1 amide bonds. The molecule has 182 valence electrons. The van der Waals surface area contributed by atoms with E-state index in [1.165, 1.54) is 11.1 Å². The van der Waals surface area contributed by atoms with Crippen LogP contribution in [0.5, 0.6) is 0 Å². The first-order valence-electron chi connectivity index (χ1n) is 11.4. The van der Waals surface area contributed by atoms with Crippen LogP contribution >= 0.6 is 0 Å². The Morgan fingerprint density at radius 2 is 1.57 bits per heavy atom. The zero-order valence-electron chi connectivity index (χ0n) is 19.5. The summed E-state index contributed by atoms with van der Waals surface area (Å²) in [5.41, 5.74) is 4.10. The number of carbonyl (C=O) groups excluding carboxylic acids is 1. The van der Waals surface area contributed by atoms with E-state index in [1.807, 2.05) is 36.4 Å². The van der Waals surface area contributed by atoms with Crippen molar-refractivity contribution in [1.29, 1.82) is 0 Å². The molecule has 2 aromatic heterocycles. The molecular weight excluding hydrogens is 455 g/mol. The number of benzene rings is 2. The van der Waals surface area contributed by atoms with Crippen LogP contribution < -0.4 is 5.32 Å². The Kier molecular flexibility index (Phi) is 7.14. The first-order chi connectivity index (χ1) is 16.7. The molecule has 0 fully saturated rings. The van der Waals surface area contributed by atoms with Crippen LogP contribution in [0, 0.1) is 13.8 Å². The van der Waals surface area contributed by atoms with E-state index in [-0.39, 0.29) is 24.0 Å². The number of amides is 1. The molecule has 0 atom stereocenters. The monoisotopic (exact) mass is 481 g/mol. The zero-order valence-corrected chi connectivity index (χ0v) is 19.5. The molecular formula is C26H26F3N5O. The van der Waals surface area contributed by atoms with Crippen molar-refractivity contribution in [2.75, 3.05) is 6.54 Å². The van der Waals surface area contributed by atoms with Gasteiger partial charge in [-0.3, -0.25) is 4.79 Å². The van der Waals surface area contributed by atoms with Crippen LogP contribution in [-0.2, 0) is 17.4 Å². The minimum absolute atomic E-state index is 0.103. The van der Waals surface area contributed by atoms with Gasteiger partial charge in [0.1, 0.15) is 0 Å². The number of carbonyl (C=O) groups is 1. The standard InChI is InChI=1S/C26H26F3N5O/c1-17-21(18(2)34-25(31-17)32-24(33-34)26(27,28)29)13-14-23(35)30-16-15-22(19-9-5-3-6-10-19)20-11-7-4-8-12-20/h3-12,22H,13-16H2,1-2H3,(H,30,35). The average molecular weight is 482 g/mol. The molecule has 4 aromatic rings. The number of nitrogens with zero attached hydrogens (tertiary/aromatic N) is 4. The number of fused-ring (bicyclic) bond motifs is 1. The largest absolute Gasteiger partial charge is 0.453 e. The number of aromatic nitrogens is 4. The summed E-state index contributed by atoms with van der Waals surface area (Å²) in [5, 5.41) is 6.54. The average Bonchev–Trinajstić information content (AvgIpc) is 3.28. The fourth-order valence-corrected chi connectivity index (χ4v) is 4.27. The lowest BCUT2D eigenvalue weighted by Gasteiger charge is -2.18. The minimum atomic E-state index is -4.65. The summed E-state index contributed by atoms with van der Waals surface area (Å²) < 4.78 is 40.0. The highest BCUT2D eigenvalue weighted by Crippen LogP contribution is 2.28. The summed E-state index contributed by atoms with van der Waals surface area (Å²) in [6, 6.07) is 20.3. The summed E-state index contributed by atoms with van der Waals surface area (Å²) in [4.78, 5) is 20.2. The van der Waals surface area contributed by atoms with E-state index in [9.17, 15) is 18.0 Å². The molecule has 0 saturated carbocycles. The number of nitrogens with one attached hydrogen (secondary N) is 1. The fraction of sp³-hybridized carbons (Fsp3) is 0.308. The van der Waals surface area contributed by atoms with Crippen molar-refractivity contribution in [2.45, 2.75) is 45.2 Å². The van der Waals surface area contributed by atoms with Crippen LogP contribution in [0.2, 0.25) is 0 Å². The van der Waals surface area contributed by atoms with E-state index in [0.717, 1.165) is 10.9 Å². The summed E-state index contributed by atoms with van der Waals surface area (Å²) in [7, 11) is 0. The second kappa shape index (κ2) is 10.2. The Morgan fingerprint density at radius 3 is 2.14 bits per heavy atom. The molecule has 35 heavy (non-hydrogen) atoms. The van der Waals surface area contributed by atoms with Gasteiger partial charge < -0.3 is 5.32 Å². The maximum absolute atomic E-state index is 13.0. The lowest BCUT2D eigenvalue weighted by Crippen LogP contribution is -2.26. The van der Waals surface area contributed by atoms with Gasteiger partial charge in [-0.1, -0.05) is 60.7 Å². The number of rotatable bonds is 8. The molecule has 2 heterocycles. The molecule has 1 N–H and O–H groups in total. The predicted molar refractivity (Wildman–Crippen MR) is 126 cm³/mol. The van der Waals surface area contributed by atoms with Crippen molar-refractivity contribution in [3.63, 3.8) is 0 Å². The number of hydrogen-bond donors (Lipinski definition) is 1. The summed E-state index contributed by atoms with van der Waals surface area (Å²) in [6.07, 6.45) is -3.37. The van der Waals surface area contributed by atoms with Gasteiger partial charge in [0.25, 0.3) is 11.6 Å². The summed E-state index contributed by atoms with van der Waals surface area (Å²) >= 11 is 0. The number of halogens is 3. The van der Waals surface area contributed by atoms with Gasteiger partial charge in [-0.2, -0.15) is 18.2 Å². The van der Waals surface area contributed by atoms with Gasteiger partial charge in [-0.15, -0.1) is 5.10 Å². The SMILES string of the molecule is Cc1nc2nc(C(F)(F)F)nn2c(C)c1CCC(=O)NCCC(c1ccccc1)c1ccccc1. The Balaban J connectivity index is 1.39. The molecule has 4 rings (SSSR count). The highest BCUT2D eigenvalue weighted by molar-refractivity contribution is 5.76. The number of alkyl halides is 3. The van der Waals surface area contributed by atoms with Crippen molar-refractivity contribution < 1.29 is 18.0 Å². The second-order valence-corrected chi connectivity index (χ2v) is 8.42. The third-order valence-corrected chi connectivity index (χ3v) is 6.06.